The molecule has 0 atom stereocenters. The van der Waals surface area contributed by atoms with Crippen molar-refractivity contribution in [2.24, 2.45) is 0 Å². The number of carbonyl (C=O) groups is 2. The van der Waals surface area contributed by atoms with Crippen LogP contribution in [0.1, 0.15) is 18.4 Å². The van der Waals surface area contributed by atoms with Gasteiger partial charge in [0.25, 0.3) is 0 Å². The highest BCUT2D eigenvalue weighted by Gasteiger charge is 2.10. The number of rotatable bonds is 5. The van der Waals surface area contributed by atoms with Crippen LogP contribution < -0.4 is 0 Å². The molecule has 0 aliphatic carbocycles. The Bertz CT molecular complexity index is 359. The third kappa shape index (κ3) is 4.13. The molecule has 82 valence electrons. The lowest BCUT2D eigenvalue weighted by Crippen LogP contribution is -2.07. The molecule has 0 radical (unpaired) electrons. The van der Waals surface area contributed by atoms with Crippen molar-refractivity contribution in [2.45, 2.75) is 19.3 Å². The van der Waals surface area contributed by atoms with E-state index < -0.39 is 0 Å². The Morgan fingerprint density at radius 2 is 2.13 bits per heavy atom. The molecule has 0 fully saturated rings. The predicted octanol–water partition coefficient (Wildman–Crippen LogP) is 2.58. The minimum Gasteiger partial charge on any atom is -0.469 e. The van der Waals surface area contributed by atoms with Gasteiger partial charge in [-0.1, -0.05) is 0 Å². The molecule has 1 aromatic heterocycles. The highest BCUT2D eigenvalue weighted by molar-refractivity contribution is 9.10. The van der Waals surface area contributed by atoms with E-state index in [1.165, 1.54) is 7.11 Å². The number of Topliss-reactive ketones (excluding diaryl/α,β-unsaturated/α-hetero) is 1. The van der Waals surface area contributed by atoms with E-state index in [1.807, 2.05) is 10.8 Å². The van der Waals surface area contributed by atoms with Crippen LogP contribution in [-0.4, -0.2) is 18.9 Å². The molecular weight excluding hydrogens is 280 g/mol. The summed E-state index contributed by atoms with van der Waals surface area (Å²) in [7, 11) is 1.32. The van der Waals surface area contributed by atoms with Gasteiger partial charge in [-0.05, 0) is 26.9 Å². The third-order valence-electron chi connectivity index (χ3n) is 1.91. The lowest BCUT2D eigenvalue weighted by molar-refractivity contribution is -0.141. The van der Waals surface area contributed by atoms with E-state index in [9.17, 15) is 9.59 Å². The van der Waals surface area contributed by atoms with Crippen molar-refractivity contribution >= 4 is 39.0 Å². The average molecular weight is 291 g/mol. The number of thiophene rings is 1. The fourth-order valence-electron chi connectivity index (χ4n) is 1.08. The van der Waals surface area contributed by atoms with Crippen LogP contribution in [0, 0.1) is 0 Å². The first-order chi connectivity index (χ1) is 7.13. The van der Waals surface area contributed by atoms with Gasteiger partial charge in [0, 0.05) is 22.7 Å². The Morgan fingerprint density at radius 1 is 1.40 bits per heavy atom. The summed E-state index contributed by atoms with van der Waals surface area (Å²) < 4.78 is 5.42. The van der Waals surface area contributed by atoms with Crippen molar-refractivity contribution in [3.63, 3.8) is 0 Å². The Hall–Kier alpha value is -0.680. The summed E-state index contributed by atoms with van der Waals surface area (Å²) in [6.45, 7) is 0. The Morgan fingerprint density at radius 3 is 2.67 bits per heavy atom. The summed E-state index contributed by atoms with van der Waals surface area (Å²) in [5.74, 6) is -0.285. The van der Waals surface area contributed by atoms with Gasteiger partial charge in [-0.15, -0.1) is 0 Å². The monoisotopic (exact) mass is 290 g/mol. The maximum atomic E-state index is 11.5. The molecule has 0 saturated heterocycles. The maximum Gasteiger partial charge on any atom is 0.305 e. The SMILES string of the molecule is COC(=O)CCC(=O)Cc1cscc1Br. The topological polar surface area (TPSA) is 43.4 Å². The van der Waals surface area contributed by atoms with Crippen LogP contribution in [0.5, 0.6) is 0 Å². The normalized spacial score (nSPS) is 10.0. The Balaban J connectivity index is 2.37. The van der Waals surface area contributed by atoms with Crippen molar-refractivity contribution in [1.82, 2.24) is 0 Å². The molecule has 3 nitrogen and oxygen atoms in total. The van der Waals surface area contributed by atoms with Crippen molar-refractivity contribution < 1.29 is 14.3 Å². The second-order valence-electron chi connectivity index (χ2n) is 3.04. The first-order valence-electron chi connectivity index (χ1n) is 4.42. The van der Waals surface area contributed by atoms with E-state index >= 15 is 0 Å². The van der Waals surface area contributed by atoms with E-state index in [0.29, 0.717) is 6.42 Å². The van der Waals surface area contributed by atoms with Crippen LogP contribution >= 0.6 is 27.3 Å². The average Bonchev–Trinajstić information content (AvgIpc) is 2.61. The first kappa shape index (κ1) is 12.4. The molecule has 0 aliphatic heterocycles. The largest absolute Gasteiger partial charge is 0.469 e. The smallest absolute Gasteiger partial charge is 0.305 e. The van der Waals surface area contributed by atoms with Gasteiger partial charge < -0.3 is 4.74 Å². The molecule has 1 rings (SSSR count). The fraction of sp³-hybridized carbons (Fsp3) is 0.400. The molecule has 0 bridgehead atoms. The molecule has 0 unspecified atom stereocenters. The molecule has 15 heavy (non-hydrogen) atoms. The van der Waals surface area contributed by atoms with Crippen LogP contribution in [-0.2, 0) is 20.7 Å². The van der Waals surface area contributed by atoms with Crippen molar-refractivity contribution in [2.75, 3.05) is 7.11 Å². The summed E-state index contributed by atoms with van der Waals surface area (Å²) in [6, 6.07) is 0. The predicted molar refractivity (Wildman–Crippen MR) is 62.0 cm³/mol. The number of halogens is 1. The number of ether oxygens (including phenoxy) is 1. The van der Waals surface area contributed by atoms with E-state index in [2.05, 4.69) is 20.7 Å². The van der Waals surface area contributed by atoms with Crippen LogP contribution in [0.2, 0.25) is 0 Å². The first-order valence-corrected chi connectivity index (χ1v) is 6.16. The van der Waals surface area contributed by atoms with Crippen LogP contribution in [0.4, 0.5) is 0 Å². The molecule has 0 aliphatic rings. The number of methoxy groups -OCH3 is 1. The number of carbonyl (C=O) groups excluding carboxylic acids is 2. The summed E-state index contributed by atoms with van der Waals surface area (Å²) in [4.78, 5) is 22.3. The highest BCUT2D eigenvalue weighted by atomic mass is 79.9. The van der Waals surface area contributed by atoms with Crippen LogP contribution in [0.25, 0.3) is 0 Å². The van der Waals surface area contributed by atoms with Gasteiger partial charge >= 0.3 is 5.97 Å². The van der Waals surface area contributed by atoms with Crippen molar-refractivity contribution in [1.29, 1.82) is 0 Å². The molecule has 1 aromatic rings. The zero-order chi connectivity index (χ0) is 11.3. The lowest BCUT2D eigenvalue weighted by Gasteiger charge is -1.99. The molecule has 0 saturated carbocycles. The van der Waals surface area contributed by atoms with Gasteiger partial charge in [0.05, 0.1) is 13.5 Å². The number of hydrogen-bond acceptors (Lipinski definition) is 4. The van der Waals surface area contributed by atoms with Gasteiger partial charge in [-0.3, -0.25) is 9.59 Å². The van der Waals surface area contributed by atoms with Crippen molar-refractivity contribution in [3.05, 3.63) is 20.8 Å². The summed E-state index contributed by atoms with van der Waals surface area (Å²) in [5, 5.41) is 3.86. The summed E-state index contributed by atoms with van der Waals surface area (Å²) in [6.07, 6.45) is 0.785. The molecule has 0 N–H and O–H groups in total. The zero-order valence-corrected chi connectivity index (χ0v) is 10.7. The van der Waals surface area contributed by atoms with Crippen molar-refractivity contribution in [3.8, 4) is 0 Å². The molecule has 0 spiro atoms. The number of ketones is 1. The Kier molecular flexibility index (Phi) is 4.98. The molecule has 5 heteroatoms. The number of hydrogen-bond donors (Lipinski definition) is 0. The van der Waals surface area contributed by atoms with Gasteiger partial charge in [0.1, 0.15) is 5.78 Å². The third-order valence-corrected chi connectivity index (χ3v) is 3.75. The highest BCUT2D eigenvalue weighted by Crippen LogP contribution is 2.22. The number of esters is 1. The second kappa shape index (κ2) is 6.02. The van der Waals surface area contributed by atoms with Gasteiger partial charge in [-0.25, -0.2) is 0 Å². The molecule has 0 amide bonds. The molecular formula is C10H11BrO3S. The van der Waals surface area contributed by atoms with E-state index in [-0.39, 0.29) is 24.6 Å². The van der Waals surface area contributed by atoms with E-state index in [1.54, 1.807) is 11.3 Å². The zero-order valence-electron chi connectivity index (χ0n) is 8.29. The van der Waals surface area contributed by atoms with Gasteiger partial charge in [0.15, 0.2) is 0 Å². The lowest BCUT2D eigenvalue weighted by atomic mass is 10.1. The van der Waals surface area contributed by atoms with Gasteiger partial charge in [-0.2, -0.15) is 11.3 Å². The summed E-state index contributed by atoms with van der Waals surface area (Å²) in [5.41, 5.74) is 0.981. The minimum atomic E-state index is -0.340. The van der Waals surface area contributed by atoms with Crippen LogP contribution in [0.3, 0.4) is 0 Å². The van der Waals surface area contributed by atoms with Crippen LogP contribution in [0.15, 0.2) is 15.2 Å². The maximum absolute atomic E-state index is 11.5. The molecule has 1 heterocycles. The minimum absolute atomic E-state index is 0.0551. The van der Waals surface area contributed by atoms with E-state index in [0.717, 1.165) is 10.0 Å². The second-order valence-corrected chi connectivity index (χ2v) is 4.63. The fourth-order valence-corrected chi connectivity index (χ4v) is 2.52. The summed E-state index contributed by atoms with van der Waals surface area (Å²) >= 11 is 4.90. The quantitative estimate of drug-likeness (QED) is 0.783. The van der Waals surface area contributed by atoms with Gasteiger partial charge in [0.2, 0.25) is 0 Å². The standard InChI is InChI=1S/C10H11BrO3S/c1-14-10(13)3-2-8(12)4-7-5-15-6-9(7)11/h5-6H,2-4H2,1H3. The Labute approximate surface area is 101 Å². The molecule has 0 aromatic carbocycles. The van der Waals surface area contributed by atoms with E-state index in [4.69, 9.17) is 0 Å².